The van der Waals surface area contributed by atoms with Gasteiger partial charge in [-0.3, -0.25) is 0 Å². The zero-order valence-corrected chi connectivity index (χ0v) is 23.0. The fourth-order valence-electron chi connectivity index (χ4n) is 6.75. The van der Waals surface area contributed by atoms with E-state index in [4.69, 9.17) is 11.3 Å². The van der Waals surface area contributed by atoms with Gasteiger partial charge in [-0.05, 0) is 83.9 Å². The van der Waals surface area contributed by atoms with Crippen molar-refractivity contribution in [3.8, 4) is 33.4 Å². The lowest BCUT2D eigenvalue weighted by molar-refractivity contribution is 0.669. The fourth-order valence-corrected chi connectivity index (χ4v) is 6.75. The van der Waals surface area contributed by atoms with Crippen LogP contribution in [0.1, 0.15) is 6.85 Å². The van der Waals surface area contributed by atoms with Crippen molar-refractivity contribution in [2.24, 2.45) is 0 Å². The Morgan fingerprint density at radius 2 is 1.00 bits per heavy atom. The lowest BCUT2D eigenvalue weighted by Crippen LogP contribution is -1.90. The normalized spacial score (nSPS) is 13.3. The minimum absolute atomic E-state index is 0.205. The minimum atomic E-state index is -0.400. The molecule has 1 heteroatoms. The van der Waals surface area contributed by atoms with E-state index < -0.39 is 6.04 Å². The quantitative estimate of drug-likeness (QED) is 0.199. The second-order valence-electron chi connectivity index (χ2n) is 10.9. The van der Waals surface area contributed by atoms with Gasteiger partial charge < -0.3 is 4.42 Å². The van der Waals surface area contributed by atoms with Crippen molar-refractivity contribution in [2.75, 3.05) is 0 Å². The molecule has 0 radical (unpaired) electrons. The topological polar surface area (TPSA) is 13.1 Å². The Bertz CT molecular complexity index is 2700. The van der Waals surface area contributed by atoms with E-state index in [0.717, 1.165) is 65.7 Å². The van der Waals surface area contributed by atoms with E-state index in [1.807, 2.05) is 54.6 Å². The summed E-state index contributed by atoms with van der Waals surface area (Å²) in [7, 11) is 0. The van der Waals surface area contributed by atoms with Crippen LogP contribution in [-0.2, 0) is 0 Å². The van der Waals surface area contributed by atoms with Gasteiger partial charge in [-0.15, -0.1) is 0 Å². The van der Waals surface area contributed by atoms with Crippen LogP contribution in [0.4, 0.5) is 0 Å². The summed E-state index contributed by atoms with van der Waals surface area (Å²) in [6.45, 7) is 0. The maximum atomic E-state index is 8.85. The molecule has 43 heavy (non-hydrogen) atoms. The molecular formula is C42H26O. The summed E-state index contributed by atoms with van der Waals surface area (Å²) in [6, 6.07) is 41.7. The Morgan fingerprint density at radius 3 is 1.72 bits per heavy atom. The molecule has 0 atom stereocenters. The van der Waals surface area contributed by atoms with E-state index in [1.54, 1.807) is 0 Å². The van der Waals surface area contributed by atoms with Crippen LogP contribution in [0.25, 0.3) is 87.6 Å². The highest BCUT2D eigenvalue weighted by molar-refractivity contribution is 6.23. The van der Waals surface area contributed by atoms with Crippen LogP contribution in [0.15, 0.2) is 162 Å². The minimum Gasteiger partial charge on any atom is -0.456 e. The van der Waals surface area contributed by atoms with E-state index in [1.165, 1.54) is 10.8 Å². The molecule has 0 aliphatic carbocycles. The standard InChI is InChI=1S/C42H26O/c1-2-13-28(14-3-1)40-33-17-6-8-19-35(33)41(36-20-9-7-18-34(36)40)29-24-25-38-37(26-29)42-32(22-11-23-39(42)43-38)31-21-10-15-27-12-4-5-16-30(27)31/h1-26H/i1D,2D,3D,13D,14D. The average Bonchev–Trinajstić information content (AvgIpc) is 3.51. The monoisotopic (exact) mass is 551 g/mol. The fraction of sp³-hybridized carbons (Fsp3) is 0. The van der Waals surface area contributed by atoms with Crippen LogP contribution in [0, 0.1) is 0 Å². The van der Waals surface area contributed by atoms with Gasteiger partial charge in [0.1, 0.15) is 11.2 Å². The SMILES string of the molecule is [2H]c1c([2H])c([2H])c(-c2c3ccccc3c(-c3ccc4oc5cccc(-c6cccc7ccccc67)c5c4c3)c3ccccc23)c([2H])c1[2H]. The lowest BCUT2D eigenvalue weighted by atomic mass is 9.85. The van der Waals surface area contributed by atoms with Gasteiger partial charge >= 0.3 is 0 Å². The summed E-state index contributed by atoms with van der Waals surface area (Å²) in [6.07, 6.45) is 0. The lowest BCUT2D eigenvalue weighted by Gasteiger charge is -2.17. The van der Waals surface area contributed by atoms with E-state index in [9.17, 15) is 0 Å². The molecule has 1 heterocycles. The first-order valence-electron chi connectivity index (χ1n) is 16.9. The van der Waals surface area contributed by atoms with Gasteiger partial charge in [-0.25, -0.2) is 0 Å². The second kappa shape index (κ2) is 9.44. The van der Waals surface area contributed by atoms with Gasteiger partial charge in [0.25, 0.3) is 0 Å². The van der Waals surface area contributed by atoms with Gasteiger partial charge in [0.05, 0.1) is 6.85 Å². The van der Waals surface area contributed by atoms with Gasteiger partial charge in [0.2, 0.25) is 0 Å². The van der Waals surface area contributed by atoms with E-state index in [-0.39, 0.29) is 29.7 Å². The molecule has 0 saturated carbocycles. The Kier molecular flexibility index (Phi) is 4.27. The third-order valence-corrected chi connectivity index (χ3v) is 8.55. The van der Waals surface area contributed by atoms with Crippen LogP contribution >= 0.6 is 0 Å². The highest BCUT2D eigenvalue weighted by Gasteiger charge is 2.19. The molecular weight excluding hydrogens is 520 g/mol. The molecule has 1 aromatic heterocycles. The van der Waals surface area contributed by atoms with Crippen molar-refractivity contribution < 1.29 is 11.3 Å². The summed E-state index contributed by atoms with van der Waals surface area (Å²) in [5, 5.41) is 7.91. The smallest absolute Gasteiger partial charge is 0.136 e. The summed E-state index contributed by atoms with van der Waals surface area (Å²) in [4.78, 5) is 0. The number of hydrogen-bond acceptors (Lipinski definition) is 1. The molecule has 0 fully saturated rings. The first kappa shape index (κ1) is 19.5. The molecule has 200 valence electrons. The Morgan fingerprint density at radius 1 is 0.419 bits per heavy atom. The zero-order valence-electron chi connectivity index (χ0n) is 28.0. The molecule has 1 nitrogen and oxygen atoms in total. The van der Waals surface area contributed by atoms with Crippen LogP contribution in [0.5, 0.6) is 0 Å². The third kappa shape index (κ3) is 3.65. The van der Waals surface area contributed by atoms with E-state index in [2.05, 4.69) is 72.8 Å². The third-order valence-electron chi connectivity index (χ3n) is 8.55. The summed E-state index contributed by atoms with van der Waals surface area (Å²) in [5.41, 5.74) is 6.71. The Hall–Kier alpha value is -5.66. The molecule has 0 amide bonds. The van der Waals surface area contributed by atoms with Crippen molar-refractivity contribution in [3.05, 3.63) is 158 Å². The number of rotatable bonds is 3. The number of fused-ring (bicyclic) bond motifs is 6. The van der Waals surface area contributed by atoms with Crippen molar-refractivity contribution in [1.82, 2.24) is 0 Å². The van der Waals surface area contributed by atoms with Crippen molar-refractivity contribution in [1.29, 1.82) is 0 Å². The van der Waals surface area contributed by atoms with Crippen molar-refractivity contribution in [3.63, 3.8) is 0 Å². The molecule has 9 rings (SSSR count). The highest BCUT2D eigenvalue weighted by Crippen LogP contribution is 2.45. The van der Waals surface area contributed by atoms with Gasteiger partial charge in [0, 0.05) is 10.8 Å². The maximum absolute atomic E-state index is 8.85. The Labute approximate surface area is 256 Å². The summed E-state index contributed by atoms with van der Waals surface area (Å²) in [5.74, 6) is 0. The van der Waals surface area contributed by atoms with Gasteiger partial charge in [0.15, 0.2) is 0 Å². The first-order chi connectivity index (χ1) is 23.4. The number of furan rings is 1. The number of benzene rings is 8. The second-order valence-corrected chi connectivity index (χ2v) is 10.9. The molecule has 8 aromatic carbocycles. The molecule has 0 aliphatic rings. The molecule has 0 unspecified atom stereocenters. The van der Waals surface area contributed by atoms with Crippen molar-refractivity contribution >= 4 is 54.3 Å². The molecule has 0 aliphatic heterocycles. The van der Waals surface area contributed by atoms with Gasteiger partial charge in [-0.2, -0.15) is 0 Å². The maximum Gasteiger partial charge on any atom is 0.136 e. The first-order valence-corrected chi connectivity index (χ1v) is 14.4. The zero-order chi connectivity index (χ0) is 32.7. The molecule has 0 bridgehead atoms. The predicted octanol–water partition coefficient (Wildman–Crippen LogP) is 12.0. The highest BCUT2D eigenvalue weighted by atomic mass is 16.3. The van der Waals surface area contributed by atoms with Crippen molar-refractivity contribution in [2.45, 2.75) is 0 Å². The van der Waals surface area contributed by atoms with Crippen LogP contribution in [-0.4, -0.2) is 0 Å². The molecule has 9 aromatic rings. The number of hydrogen-bond donors (Lipinski definition) is 0. The average molecular weight is 552 g/mol. The molecule has 0 spiro atoms. The summed E-state index contributed by atoms with van der Waals surface area (Å²) < 4.78 is 49.1. The Balaban J connectivity index is 1.37. The van der Waals surface area contributed by atoms with Crippen LogP contribution < -0.4 is 0 Å². The van der Waals surface area contributed by atoms with E-state index >= 15 is 0 Å². The van der Waals surface area contributed by atoms with Gasteiger partial charge in [-0.1, -0.05) is 139 Å². The van der Waals surface area contributed by atoms with Crippen LogP contribution in [0.3, 0.4) is 0 Å². The molecule has 0 saturated heterocycles. The van der Waals surface area contributed by atoms with E-state index in [0.29, 0.717) is 5.56 Å². The summed E-state index contributed by atoms with van der Waals surface area (Å²) >= 11 is 0. The largest absolute Gasteiger partial charge is 0.456 e. The van der Waals surface area contributed by atoms with Crippen LogP contribution in [0.2, 0.25) is 0 Å². The molecule has 0 N–H and O–H groups in total. The predicted molar refractivity (Wildman–Crippen MR) is 183 cm³/mol.